The summed E-state index contributed by atoms with van der Waals surface area (Å²) in [6.45, 7) is 2.12. The quantitative estimate of drug-likeness (QED) is 0.533. The molecule has 0 spiro atoms. The standard InChI is InChI=1S/C22H26FN3O3/c23-20-5-2-1-4-18(20)14-25-21(27)17-8-10-19(11-9-17)26-22(28)24-12-3-13-29-15-16-6-7-16/h1-2,4-5,8-11,16H,3,6-7,12-15H2,(H,25,27)(H2,24,26,28). The first-order valence-corrected chi connectivity index (χ1v) is 9.86. The minimum Gasteiger partial charge on any atom is -0.381 e. The van der Waals surface area contributed by atoms with Crippen molar-refractivity contribution in [2.45, 2.75) is 25.8 Å². The van der Waals surface area contributed by atoms with Gasteiger partial charge in [0.1, 0.15) is 5.82 Å². The van der Waals surface area contributed by atoms with Gasteiger partial charge >= 0.3 is 6.03 Å². The third-order valence-electron chi connectivity index (χ3n) is 4.60. The molecular weight excluding hydrogens is 373 g/mol. The van der Waals surface area contributed by atoms with Crippen LogP contribution in [0.25, 0.3) is 0 Å². The van der Waals surface area contributed by atoms with E-state index in [1.54, 1.807) is 42.5 Å². The highest BCUT2D eigenvalue weighted by Crippen LogP contribution is 2.28. The lowest BCUT2D eigenvalue weighted by Gasteiger charge is -2.09. The first-order chi connectivity index (χ1) is 14.1. The number of amides is 3. The fourth-order valence-corrected chi connectivity index (χ4v) is 2.71. The number of anilines is 1. The Kier molecular flexibility index (Phi) is 7.58. The van der Waals surface area contributed by atoms with E-state index in [0.717, 1.165) is 18.9 Å². The molecule has 1 aliphatic carbocycles. The summed E-state index contributed by atoms with van der Waals surface area (Å²) in [7, 11) is 0. The second-order valence-electron chi connectivity index (χ2n) is 7.10. The number of carbonyl (C=O) groups excluding carboxylic acids is 2. The molecule has 0 atom stereocenters. The largest absolute Gasteiger partial charge is 0.381 e. The van der Waals surface area contributed by atoms with Crippen LogP contribution in [0.4, 0.5) is 14.9 Å². The van der Waals surface area contributed by atoms with Gasteiger partial charge in [0.25, 0.3) is 5.91 Å². The topological polar surface area (TPSA) is 79.5 Å². The molecule has 0 aliphatic heterocycles. The number of hydrogen-bond acceptors (Lipinski definition) is 3. The summed E-state index contributed by atoms with van der Waals surface area (Å²) < 4.78 is 19.1. The third-order valence-corrected chi connectivity index (χ3v) is 4.60. The Morgan fingerprint density at radius 1 is 1.03 bits per heavy atom. The Balaban J connectivity index is 1.35. The predicted octanol–water partition coefficient (Wildman–Crippen LogP) is 3.69. The summed E-state index contributed by atoms with van der Waals surface area (Å²) >= 11 is 0. The molecule has 1 aliphatic rings. The smallest absolute Gasteiger partial charge is 0.319 e. The van der Waals surface area contributed by atoms with Crippen molar-refractivity contribution in [1.29, 1.82) is 0 Å². The van der Waals surface area contributed by atoms with Crippen molar-refractivity contribution < 1.29 is 18.7 Å². The first-order valence-electron chi connectivity index (χ1n) is 9.86. The second-order valence-corrected chi connectivity index (χ2v) is 7.10. The fraction of sp³-hybridized carbons (Fsp3) is 0.364. The van der Waals surface area contributed by atoms with Gasteiger partial charge in [0.2, 0.25) is 0 Å². The number of ether oxygens (including phenoxy) is 1. The van der Waals surface area contributed by atoms with Gasteiger partial charge in [-0.05, 0) is 55.5 Å². The zero-order valence-electron chi connectivity index (χ0n) is 16.2. The van der Waals surface area contributed by atoms with E-state index in [1.807, 2.05) is 0 Å². The van der Waals surface area contributed by atoms with Crippen molar-refractivity contribution in [2.24, 2.45) is 5.92 Å². The van der Waals surface area contributed by atoms with E-state index in [-0.39, 0.29) is 24.3 Å². The van der Waals surface area contributed by atoms with E-state index >= 15 is 0 Å². The maximum Gasteiger partial charge on any atom is 0.319 e. The summed E-state index contributed by atoms with van der Waals surface area (Å²) in [6, 6.07) is 12.5. The third kappa shape index (κ3) is 7.19. The van der Waals surface area contributed by atoms with Gasteiger partial charge in [-0.1, -0.05) is 18.2 Å². The first kappa shape index (κ1) is 20.8. The number of urea groups is 1. The molecule has 2 aromatic carbocycles. The van der Waals surface area contributed by atoms with Gasteiger partial charge in [0, 0.05) is 43.1 Å². The molecule has 3 rings (SSSR count). The zero-order valence-corrected chi connectivity index (χ0v) is 16.2. The van der Waals surface area contributed by atoms with Crippen molar-refractivity contribution in [3.8, 4) is 0 Å². The maximum atomic E-state index is 13.6. The second kappa shape index (κ2) is 10.6. The van der Waals surface area contributed by atoms with Crippen LogP contribution in [-0.4, -0.2) is 31.7 Å². The Bertz CT molecular complexity index is 822. The zero-order chi connectivity index (χ0) is 20.5. The van der Waals surface area contributed by atoms with Gasteiger partial charge in [-0.3, -0.25) is 4.79 Å². The molecule has 0 aromatic heterocycles. The molecule has 0 bridgehead atoms. The minimum atomic E-state index is -0.354. The molecule has 3 N–H and O–H groups in total. The molecule has 29 heavy (non-hydrogen) atoms. The van der Waals surface area contributed by atoms with Crippen molar-refractivity contribution >= 4 is 17.6 Å². The van der Waals surface area contributed by atoms with Gasteiger partial charge in [-0.2, -0.15) is 0 Å². The van der Waals surface area contributed by atoms with Crippen LogP contribution < -0.4 is 16.0 Å². The monoisotopic (exact) mass is 399 g/mol. The van der Waals surface area contributed by atoms with Gasteiger partial charge < -0.3 is 20.7 Å². The number of halogens is 1. The van der Waals surface area contributed by atoms with Crippen molar-refractivity contribution in [1.82, 2.24) is 10.6 Å². The highest BCUT2D eigenvalue weighted by Gasteiger charge is 2.20. The normalized spacial score (nSPS) is 13.0. The number of benzene rings is 2. The number of rotatable bonds is 10. The van der Waals surface area contributed by atoms with Crippen molar-refractivity contribution in [3.05, 3.63) is 65.5 Å². The molecule has 1 fully saturated rings. The van der Waals surface area contributed by atoms with Crippen molar-refractivity contribution in [3.63, 3.8) is 0 Å². The van der Waals surface area contributed by atoms with E-state index in [4.69, 9.17) is 4.74 Å². The molecule has 0 radical (unpaired) electrons. The van der Waals surface area contributed by atoms with Gasteiger partial charge in [-0.15, -0.1) is 0 Å². The molecule has 3 amide bonds. The lowest BCUT2D eigenvalue weighted by Crippen LogP contribution is -2.30. The average molecular weight is 399 g/mol. The fourth-order valence-electron chi connectivity index (χ4n) is 2.71. The van der Waals surface area contributed by atoms with E-state index in [0.29, 0.717) is 30.0 Å². The van der Waals surface area contributed by atoms with Crippen LogP contribution >= 0.6 is 0 Å². The van der Waals surface area contributed by atoms with E-state index < -0.39 is 0 Å². The lowest BCUT2D eigenvalue weighted by atomic mass is 10.1. The molecule has 6 nitrogen and oxygen atoms in total. The van der Waals surface area contributed by atoms with Gasteiger partial charge in [-0.25, -0.2) is 9.18 Å². The summed E-state index contributed by atoms with van der Waals surface area (Å²) in [5.41, 5.74) is 1.44. The highest BCUT2D eigenvalue weighted by atomic mass is 19.1. The van der Waals surface area contributed by atoms with E-state index in [9.17, 15) is 14.0 Å². The van der Waals surface area contributed by atoms with Crippen LogP contribution in [0.3, 0.4) is 0 Å². The van der Waals surface area contributed by atoms with Crippen LogP contribution in [0, 0.1) is 11.7 Å². The molecule has 1 saturated carbocycles. The molecule has 0 saturated heterocycles. The number of nitrogens with one attached hydrogen (secondary N) is 3. The van der Waals surface area contributed by atoms with Gasteiger partial charge in [0.15, 0.2) is 0 Å². The molecule has 0 heterocycles. The average Bonchev–Trinajstić information content (AvgIpc) is 3.55. The van der Waals surface area contributed by atoms with Crippen LogP contribution in [0.2, 0.25) is 0 Å². The summed E-state index contributed by atoms with van der Waals surface area (Å²) in [6.07, 6.45) is 3.31. The minimum absolute atomic E-state index is 0.109. The van der Waals surface area contributed by atoms with Crippen LogP contribution in [0.15, 0.2) is 48.5 Å². The Morgan fingerprint density at radius 3 is 2.52 bits per heavy atom. The Hall–Kier alpha value is -2.93. The molecular formula is C22H26FN3O3. The Morgan fingerprint density at radius 2 is 1.79 bits per heavy atom. The van der Waals surface area contributed by atoms with Crippen molar-refractivity contribution in [2.75, 3.05) is 25.1 Å². The molecule has 2 aromatic rings. The maximum absolute atomic E-state index is 13.6. The highest BCUT2D eigenvalue weighted by molar-refractivity contribution is 5.95. The molecule has 154 valence electrons. The SMILES string of the molecule is O=C(NCCCOCC1CC1)Nc1ccc(C(=O)NCc2ccccc2F)cc1. The van der Waals surface area contributed by atoms with E-state index in [1.165, 1.54) is 18.9 Å². The number of hydrogen-bond donors (Lipinski definition) is 3. The predicted molar refractivity (Wildman–Crippen MR) is 109 cm³/mol. The Labute approximate surface area is 169 Å². The van der Waals surface area contributed by atoms with Crippen LogP contribution in [-0.2, 0) is 11.3 Å². The summed E-state index contributed by atoms with van der Waals surface area (Å²) in [4.78, 5) is 24.1. The van der Waals surface area contributed by atoms with Gasteiger partial charge in [0.05, 0.1) is 0 Å². The summed E-state index contributed by atoms with van der Waals surface area (Å²) in [5.74, 6) is 0.0825. The molecule has 7 heteroatoms. The van der Waals surface area contributed by atoms with Crippen LogP contribution in [0.5, 0.6) is 0 Å². The number of carbonyl (C=O) groups is 2. The van der Waals surface area contributed by atoms with Crippen LogP contribution in [0.1, 0.15) is 35.2 Å². The lowest BCUT2D eigenvalue weighted by molar-refractivity contribution is 0.0950. The summed E-state index contributed by atoms with van der Waals surface area (Å²) in [5, 5.41) is 8.17. The molecule has 0 unspecified atom stereocenters. The van der Waals surface area contributed by atoms with E-state index in [2.05, 4.69) is 16.0 Å².